The Labute approximate surface area is 192 Å². The van der Waals surface area contributed by atoms with E-state index in [1.54, 1.807) is 6.26 Å². The summed E-state index contributed by atoms with van der Waals surface area (Å²) >= 11 is 1.42. The van der Waals surface area contributed by atoms with Gasteiger partial charge < -0.3 is 42.7 Å². The van der Waals surface area contributed by atoms with Crippen LogP contribution in [-0.2, 0) is 19.2 Å². The van der Waals surface area contributed by atoms with E-state index in [1.165, 1.54) is 25.6 Å². The fraction of sp³-hybridized carbons (Fsp3) is 0.789. The summed E-state index contributed by atoms with van der Waals surface area (Å²) in [5.41, 5.74) is 11.1. The van der Waals surface area contributed by atoms with Crippen LogP contribution in [0, 0.1) is 0 Å². The summed E-state index contributed by atoms with van der Waals surface area (Å²) in [5, 5.41) is 35.6. The highest BCUT2D eigenvalue weighted by atomic mass is 32.2. The van der Waals surface area contributed by atoms with Crippen LogP contribution in [0.2, 0.25) is 0 Å². The predicted molar refractivity (Wildman–Crippen MR) is 121 cm³/mol. The molecule has 0 bridgehead atoms. The molecule has 13 heteroatoms. The second-order valence-corrected chi connectivity index (χ2v) is 8.51. The topological polar surface area (TPSA) is 217 Å². The summed E-state index contributed by atoms with van der Waals surface area (Å²) in [6.45, 7) is 2.96. The van der Waals surface area contributed by atoms with E-state index in [4.69, 9.17) is 11.5 Å². The van der Waals surface area contributed by atoms with Crippen molar-refractivity contribution in [1.29, 1.82) is 0 Å². The Morgan fingerprint density at radius 2 is 1.41 bits per heavy atom. The van der Waals surface area contributed by atoms with Crippen molar-refractivity contribution >= 4 is 35.5 Å². The second kappa shape index (κ2) is 15.8. The van der Waals surface area contributed by atoms with Gasteiger partial charge in [-0.05, 0) is 58.1 Å². The summed E-state index contributed by atoms with van der Waals surface area (Å²) in [5.74, 6) is -3.07. The number of carboxylic acids is 1. The van der Waals surface area contributed by atoms with E-state index >= 15 is 0 Å². The minimum Gasteiger partial charge on any atom is -0.480 e. The van der Waals surface area contributed by atoms with Gasteiger partial charge in [0.2, 0.25) is 17.7 Å². The van der Waals surface area contributed by atoms with Gasteiger partial charge in [-0.2, -0.15) is 11.8 Å². The molecule has 6 unspecified atom stereocenters. The number of carboxylic acid groups (broad SMARTS) is 1. The summed E-state index contributed by atoms with van der Waals surface area (Å²) in [7, 11) is 0. The summed E-state index contributed by atoms with van der Waals surface area (Å²) in [4.78, 5) is 49.0. The molecule has 0 aromatic heterocycles. The van der Waals surface area contributed by atoms with Gasteiger partial charge in [-0.1, -0.05) is 0 Å². The van der Waals surface area contributed by atoms with Crippen molar-refractivity contribution in [2.75, 3.05) is 18.6 Å². The zero-order valence-corrected chi connectivity index (χ0v) is 19.6. The number of aliphatic carboxylic acids is 1. The maximum Gasteiger partial charge on any atom is 0.328 e. The van der Waals surface area contributed by atoms with E-state index in [1.807, 2.05) is 0 Å². The first kappa shape index (κ1) is 30.1. The van der Waals surface area contributed by atoms with Crippen LogP contribution in [0.25, 0.3) is 0 Å². The van der Waals surface area contributed by atoms with Crippen molar-refractivity contribution in [3.8, 4) is 0 Å². The predicted octanol–water partition coefficient (Wildman–Crippen LogP) is -2.50. The van der Waals surface area contributed by atoms with Crippen LogP contribution in [0.15, 0.2) is 0 Å². The molecular formula is C19H37N5O7S. The van der Waals surface area contributed by atoms with E-state index in [0.717, 1.165) is 0 Å². The highest BCUT2D eigenvalue weighted by molar-refractivity contribution is 7.98. The van der Waals surface area contributed by atoms with E-state index < -0.39 is 60.1 Å². The Bertz CT molecular complexity index is 621. The van der Waals surface area contributed by atoms with Gasteiger partial charge in [0.25, 0.3) is 0 Å². The average molecular weight is 480 g/mol. The molecule has 10 N–H and O–H groups in total. The number of unbranched alkanes of at least 4 members (excludes halogenated alkanes) is 1. The lowest BCUT2D eigenvalue weighted by Crippen LogP contribution is -2.59. The second-order valence-electron chi connectivity index (χ2n) is 7.52. The lowest BCUT2D eigenvalue weighted by molar-refractivity contribution is -0.145. The Kier molecular flexibility index (Phi) is 14.9. The number of carbonyl (C=O) groups is 4. The first-order chi connectivity index (χ1) is 15.0. The van der Waals surface area contributed by atoms with Crippen molar-refractivity contribution in [1.82, 2.24) is 16.0 Å². The highest BCUT2D eigenvalue weighted by Gasteiger charge is 2.32. The number of aliphatic hydroxyl groups is 2. The smallest absolute Gasteiger partial charge is 0.328 e. The molecular weight excluding hydrogens is 442 g/mol. The van der Waals surface area contributed by atoms with Gasteiger partial charge >= 0.3 is 5.97 Å². The third kappa shape index (κ3) is 11.1. The standard InChI is InChI=1S/C19H37N5O7S/c1-10(25)14(21)18(29)23-12(6-4-5-8-20)16(27)22-13(7-9-32-3)17(28)24-15(11(2)26)19(30)31/h10-15,25-26H,4-9,20-21H2,1-3H3,(H,22,27)(H,23,29)(H,24,28)(H,30,31). The first-order valence-corrected chi connectivity index (χ1v) is 11.8. The lowest BCUT2D eigenvalue weighted by atomic mass is 10.1. The molecule has 0 saturated heterocycles. The van der Waals surface area contributed by atoms with Crippen LogP contribution < -0.4 is 27.4 Å². The third-order valence-corrected chi connectivity index (χ3v) is 5.34. The molecule has 0 rings (SSSR count). The largest absolute Gasteiger partial charge is 0.480 e. The first-order valence-electron chi connectivity index (χ1n) is 10.4. The van der Waals surface area contributed by atoms with Gasteiger partial charge in [-0.15, -0.1) is 0 Å². The van der Waals surface area contributed by atoms with Crippen LogP contribution in [0.5, 0.6) is 0 Å². The van der Waals surface area contributed by atoms with Gasteiger partial charge in [0.15, 0.2) is 6.04 Å². The van der Waals surface area contributed by atoms with E-state index in [-0.39, 0.29) is 12.8 Å². The van der Waals surface area contributed by atoms with Gasteiger partial charge in [0.1, 0.15) is 18.1 Å². The van der Waals surface area contributed by atoms with Crippen LogP contribution in [0.4, 0.5) is 0 Å². The highest BCUT2D eigenvalue weighted by Crippen LogP contribution is 2.07. The Hall–Kier alpha value is -1.93. The molecule has 0 aromatic rings. The molecule has 186 valence electrons. The molecule has 0 saturated carbocycles. The fourth-order valence-electron chi connectivity index (χ4n) is 2.67. The molecule has 0 aliphatic rings. The maximum atomic E-state index is 12.9. The van der Waals surface area contributed by atoms with E-state index in [9.17, 15) is 34.5 Å². The molecule has 0 fully saturated rings. The summed E-state index contributed by atoms with van der Waals surface area (Å²) in [6, 6.07) is -4.90. The quantitative estimate of drug-likeness (QED) is 0.109. The number of aliphatic hydroxyl groups excluding tert-OH is 2. The number of nitrogens with one attached hydrogen (secondary N) is 3. The van der Waals surface area contributed by atoms with Crippen molar-refractivity contribution in [3.63, 3.8) is 0 Å². The van der Waals surface area contributed by atoms with Crippen molar-refractivity contribution in [2.45, 2.75) is 75.9 Å². The molecule has 32 heavy (non-hydrogen) atoms. The number of nitrogens with two attached hydrogens (primary N) is 2. The Balaban J connectivity index is 5.45. The number of amides is 3. The van der Waals surface area contributed by atoms with Gasteiger partial charge in [0.05, 0.1) is 12.2 Å². The number of rotatable bonds is 16. The maximum absolute atomic E-state index is 12.9. The van der Waals surface area contributed by atoms with Gasteiger partial charge in [-0.3, -0.25) is 14.4 Å². The summed E-state index contributed by atoms with van der Waals surface area (Å²) in [6.07, 6.45) is 0.872. The average Bonchev–Trinajstić information content (AvgIpc) is 2.72. The zero-order chi connectivity index (χ0) is 24.8. The number of hydrogen-bond acceptors (Lipinski definition) is 9. The zero-order valence-electron chi connectivity index (χ0n) is 18.7. The van der Waals surface area contributed by atoms with Crippen LogP contribution in [-0.4, -0.2) is 93.9 Å². The molecule has 0 heterocycles. The molecule has 0 aromatic carbocycles. The molecule has 12 nitrogen and oxygen atoms in total. The van der Waals surface area contributed by atoms with Crippen molar-refractivity contribution in [2.24, 2.45) is 11.5 Å². The van der Waals surface area contributed by atoms with Crippen LogP contribution in [0.3, 0.4) is 0 Å². The van der Waals surface area contributed by atoms with Crippen LogP contribution in [0.1, 0.15) is 39.5 Å². The van der Waals surface area contributed by atoms with Gasteiger partial charge in [0, 0.05) is 0 Å². The normalized spacial score (nSPS) is 16.7. The molecule has 0 spiro atoms. The number of thioether (sulfide) groups is 1. The molecule has 3 amide bonds. The lowest BCUT2D eigenvalue weighted by Gasteiger charge is -2.26. The fourth-order valence-corrected chi connectivity index (χ4v) is 3.14. The van der Waals surface area contributed by atoms with E-state index in [0.29, 0.717) is 25.1 Å². The Morgan fingerprint density at radius 1 is 0.875 bits per heavy atom. The third-order valence-electron chi connectivity index (χ3n) is 4.69. The Morgan fingerprint density at radius 3 is 1.88 bits per heavy atom. The number of hydrogen-bond donors (Lipinski definition) is 8. The molecule has 0 aliphatic carbocycles. The minimum atomic E-state index is -1.54. The molecule has 0 aliphatic heterocycles. The minimum absolute atomic E-state index is 0.196. The number of carbonyl (C=O) groups excluding carboxylic acids is 3. The van der Waals surface area contributed by atoms with Crippen LogP contribution >= 0.6 is 11.8 Å². The molecule has 0 radical (unpaired) electrons. The van der Waals surface area contributed by atoms with E-state index in [2.05, 4.69) is 16.0 Å². The monoisotopic (exact) mass is 479 g/mol. The molecule has 6 atom stereocenters. The summed E-state index contributed by atoms with van der Waals surface area (Å²) < 4.78 is 0. The SMILES string of the molecule is CSCCC(NC(=O)C(CCCCN)NC(=O)C(N)C(C)O)C(=O)NC(C(=O)O)C(C)O. The van der Waals surface area contributed by atoms with Crippen molar-refractivity contribution < 1.29 is 34.5 Å². The van der Waals surface area contributed by atoms with Crippen molar-refractivity contribution in [3.05, 3.63) is 0 Å². The van der Waals surface area contributed by atoms with Gasteiger partial charge in [-0.25, -0.2) is 4.79 Å².